The number of nitrogens with zero attached hydrogens (tertiary/aromatic N) is 1. The van der Waals surface area contributed by atoms with Crippen molar-refractivity contribution in [3.8, 4) is 5.75 Å². The lowest BCUT2D eigenvalue weighted by molar-refractivity contribution is 0.415. The molecule has 0 saturated heterocycles. The van der Waals surface area contributed by atoms with Crippen LogP contribution in [0.25, 0.3) is 0 Å². The molecule has 2 aromatic rings. The zero-order chi connectivity index (χ0) is 17.9. The number of ether oxygens (including phenoxy) is 1. The SMILES string of the molecule is COc1ccc(C2=NC(C)C3=C(CCCC3)C2Cc2ccccc2)cc1. The molecule has 0 saturated carbocycles. The van der Waals surface area contributed by atoms with Gasteiger partial charge in [-0.15, -0.1) is 0 Å². The van der Waals surface area contributed by atoms with Crippen LogP contribution in [0.15, 0.2) is 70.7 Å². The zero-order valence-electron chi connectivity index (χ0n) is 15.7. The van der Waals surface area contributed by atoms with E-state index in [1.807, 2.05) is 12.1 Å². The van der Waals surface area contributed by atoms with Gasteiger partial charge in [-0.1, -0.05) is 35.9 Å². The summed E-state index contributed by atoms with van der Waals surface area (Å²) in [6.45, 7) is 2.27. The average molecular weight is 345 g/mol. The number of benzene rings is 2. The van der Waals surface area contributed by atoms with Gasteiger partial charge in [-0.2, -0.15) is 0 Å². The average Bonchev–Trinajstić information content (AvgIpc) is 2.71. The Morgan fingerprint density at radius 2 is 1.62 bits per heavy atom. The Morgan fingerprint density at radius 3 is 2.31 bits per heavy atom. The maximum atomic E-state index is 5.34. The van der Waals surface area contributed by atoms with E-state index in [1.54, 1.807) is 18.3 Å². The Hall–Kier alpha value is -2.35. The highest BCUT2D eigenvalue weighted by molar-refractivity contribution is 6.05. The van der Waals surface area contributed by atoms with Crippen LogP contribution < -0.4 is 4.74 Å². The predicted molar refractivity (Wildman–Crippen MR) is 108 cm³/mol. The maximum absolute atomic E-state index is 5.34. The largest absolute Gasteiger partial charge is 0.497 e. The van der Waals surface area contributed by atoms with Crippen LogP contribution in [0.1, 0.15) is 43.7 Å². The van der Waals surface area contributed by atoms with Gasteiger partial charge in [0.25, 0.3) is 0 Å². The molecule has 2 heteroatoms. The van der Waals surface area contributed by atoms with Gasteiger partial charge in [0.2, 0.25) is 0 Å². The summed E-state index contributed by atoms with van der Waals surface area (Å²) in [6, 6.07) is 19.6. The van der Waals surface area contributed by atoms with Crippen molar-refractivity contribution in [3.05, 3.63) is 76.9 Å². The second kappa shape index (κ2) is 7.49. The molecule has 26 heavy (non-hydrogen) atoms. The Labute approximate surface area is 156 Å². The van der Waals surface area contributed by atoms with Crippen molar-refractivity contribution in [2.24, 2.45) is 10.9 Å². The van der Waals surface area contributed by atoms with E-state index in [-0.39, 0.29) is 0 Å². The fourth-order valence-corrected chi connectivity index (χ4v) is 4.48. The minimum atomic E-state index is 0.314. The van der Waals surface area contributed by atoms with Crippen LogP contribution in [-0.4, -0.2) is 18.9 Å². The summed E-state index contributed by atoms with van der Waals surface area (Å²) >= 11 is 0. The van der Waals surface area contributed by atoms with Gasteiger partial charge in [0, 0.05) is 5.92 Å². The molecule has 0 amide bonds. The maximum Gasteiger partial charge on any atom is 0.118 e. The highest BCUT2D eigenvalue weighted by Crippen LogP contribution is 2.39. The lowest BCUT2D eigenvalue weighted by Gasteiger charge is -2.35. The standard InChI is InChI=1S/C24H27NO/c1-17-21-10-6-7-11-22(21)23(16-18-8-4-3-5-9-18)24(25-17)19-12-14-20(26-2)15-13-19/h3-5,8-9,12-15,17,23H,6-7,10-11,16H2,1-2H3. The molecule has 1 aliphatic carbocycles. The summed E-state index contributed by atoms with van der Waals surface area (Å²) in [5.74, 6) is 1.30. The lowest BCUT2D eigenvalue weighted by Crippen LogP contribution is -2.31. The Bertz CT molecular complexity index is 817. The third-order valence-corrected chi connectivity index (χ3v) is 5.81. The van der Waals surface area contributed by atoms with E-state index in [2.05, 4.69) is 49.4 Å². The van der Waals surface area contributed by atoms with E-state index in [9.17, 15) is 0 Å². The lowest BCUT2D eigenvalue weighted by atomic mass is 9.73. The first kappa shape index (κ1) is 17.1. The first-order valence-corrected chi connectivity index (χ1v) is 9.74. The minimum Gasteiger partial charge on any atom is -0.497 e. The number of allylic oxidation sites excluding steroid dienone is 1. The van der Waals surface area contributed by atoms with Crippen LogP contribution in [-0.2, 0) is 6.42 Å². The summed E-state index contributed by atoms with van der Waals surface area (Å²) < 4.78 is 5.34. The second-order valence-electron chi connectivity index (χ2n) is 7.42. The normalized spacial score (nSPS) is 22.6. The first-order valence-electron chi connectivity index (χ1n) is 9.74. The van der Waals surface area contributed by atoms with Gasteiger partial charge in [-0.25, -0.2) is 0 Å². The van der Waals surface area contributed by atoms with Crippen molar-refractivity contribution < 1.29 is 4.74 Å². The number of methoxy groups -OCH3 is 1. The number of dihydropyridines is 1. The van der Waals surface area contributed by atoms with Crippen LogP contribution in [0.4, 0.5) is 0 Å². The molecule has 2 aliphatic rings. The van der Waals surface area contributed by atoms with Gasteiger partial charge in [0.05, 0.1) is 18.9 Å². The molecule has 0 aromatic heterocycles. The molecule has 0 radical (unpaired) electrons. The van der Waals surface area contributed by atoms with E-state index in [4.69, 9.17) is 9.73 Å². The topological polar surface area (TPSA) is 21.6 Å². The van der Waals surface area contributed by atoms with E-state index >= 15 is 0 Å². The Balaban J connectivity index is 1.74. The molecule has 134 valence electrons. The van der Waals surface area contributed by atoms with Crippen molar-refractivity contribution >= 4 is 5.71 Å². The van der Waals surface area contributed by atoms with Crippen LogP contribution in [0.5, 0.6) is 5.75 Å². The van der Waals surface area contributed by atoms with Crippen LogP contribution in [0, 0.1) is 5.92 Å². The predicted octanol–water partition coefficient (Wildman–Crippen LogP) is 5.62. The van der Waals surface area contributed by atoms with Gasteiger partial charge in [-0.3, -0.25) is 4.99 Å². The first-order chi connectivity index (χ1) is 12.8. The molecule has 0 fully saturated rings. The van der Waals surface area contributed by atoms with Crippen LogP contribution in [0.3, 0.4) is 0 Å². The smallest absolute Gasteiger partial charge is 0.118 e. The van der Waals surface area contributed by atoms with E-state index < -0.39 is 0 Å². The fourth-order valence-electron chi connectivity index (χ4n) is 4.48. The van der Waals surface area contributed by atoms with Gasteiger partial charge >= 0.3 is 0 Å². The molecule has 2 atom stereocenters. The molecule has 1 aliphatic heterocycles. The van der Waals surface area contributed by atoms with E-state index in [1.165, 1.54) is 42.5 Å². The summed E-state index contributed by atoms with van der Waals surface area (Å²) in [4.78, 5) is 5.19. The van der Waals surface area contributed by atoms with Crippen molar-refractivity contribution in [1.82, 2.24) is 0 Å². The van der Waals surface area contributed by atoms with Crippen LogP contribution >= 0.6 is 0 Å². The molecule has 0 spiro atoms. The molecule has 4 rings (SSSR count). The molecule has 2 unspecified atom stereocenters. The van der Waals surface area contributed by atoms with E-state index in [0.717, 1.165) is 12.2 Å². The third kappa shape index (κ3) is 3.33. The molecule has 0 bridgehead atoms. The number of hydrogen-bond acceptors (Lipinski definition) is 2. The summed E-state index contributed by atoms with van der Waals surface area (Å²) in [5, 5.41) is 0. The second-order valence-corrected chi connectivity index (χ2v) is 7.42. The molecule has 1 heterocycles. The summed E-state index contributed by atoms with van der Waals surface area (Å²) in [7, 11) is 1.71. The third-order valence-electron chi connectivity index (χ3n) is 5.81. The molecular weight excluding hydrogens is 318 g/mol. The number of rotatable bonds is 4. The zero-order valence-corrected chi connectivity index (χ0v) is 15.7. The van der Waals surface area contributed by atoms with Gasteiger partial charge < -0.3 is 4.74 Å². The quantitative estimate of drug-likeness (QED) is 0.659. The summed E-state index contributed by atoms with van der Waals surface area (Å²) in [5.41, 5.74) is 7.15. The molecular formula is C24H27NO. The molecule has 2 nitrogen and oxygen atoms in total. The Kier molecular flexibility index (Phi) is 4.92. The van der Waals surface area contributed by atoms with Crippen molar-refractivity contribution in [2.45, 2.75) is 45.1 Å². The monoisotopic (exact) mass is 345 g/mol. The molecule has 2 aromatic carbocycles. The van der Waals surface area contributed by atoms with Gasteiger partial charge in [-0.05, 0) is 80.0 Å². The summed E-state index contributed by atoms with van der Waals surface area (Å²) in [6.07, 6.45) is 6.12. The van der Waals surface area contributed by atoms with Crippen molar-refractivity contribution in [1.29, 1.82) is 0 Å². The van der Waals surface area contributed by atoms with E-state index in [0.29, 0.717) is 12.0 Å². The number of aliphatic imine (C=N–C) groups is 1. The number of hydrogen-bond donors (Lipinski definition) is 0. The highest BCUT2D eigenvalue weighted by atomic mass is 16.5. The van der Waals surface area contributed by atoms with Crippen molar-refractivity contribution in [3.63, 3.8) is 0 Å². The minimum absolute atomic E-state index is 0.314. The van der Waals surface area contributed by atoms with Gasteiger partial charge in [0.15, 0.2) is 0 Å². The van der Waals surface area contributed by atoms with Crippen LogP contribution in [0.2, 0.25) is 0 Å². The fraction of sp³-hybridized carbons (Fsp3) is 0.375. The molecule has 0 N–H and O–H groups in total. The van der Waals surface area contributed by atoms with Gasteiger partial charge in [0.1, 0.15) is 5.75 Å². The highest BCUT2D eigenvalue weighted by Gasteiger charge is 2.32. The van der Waals surface area contributed by atoms with Crippen molar-refractivity contribution in [2.75, 3.05) is 7.11 Å². The Morgan fingerprint density at radius 1 is 0.923 bits per heavy atom.